The van der Waals surface area contributed by atoms with E-state index in [1.807, 2.05) is 37.3 Å². The van der Waals surface area contributed by atoms with Crippen molar-refractivity contribution in [3.05, 3.63) is 92.4 Å². The zero-order chi connectivity index (χ0) is 24.3. The van der Waals surface area contributed by atoms with Gasteiger partial charge >= 0.3 is 16.1 Å². The Morgan fingerprint density at radius 3 is 2.41 bits per heavy atom. The van der Waals surface area contributed by atoms with Gasteiger partial charge in [0, 0.05) is 19.5 Å². The maximum Gasteiger partial charge on any atom is 0.446 e. The second-order valence-corrected chi connectivity index (χ2v) is 8.83. The lowest BCUT2D eigenvalue weighted by Gasteiger charge is -2.12. The summed E-state index contributed by atoms with van der Waals surface area (Å²) in [5.74, 6) is 0.513. The standard InChI is InChI=1S/C23H24N4O6S/c1-2-13-27-22(28)20-21(25-19(24-20)15-16-8-4-3-5-9-16)26(23(27)29)14-12-17-10-6-7-11-18(17)33-34(30,31)32/h3-11H,2,12-15H2,1H3,(H,24,25)(H,30,31,32). The molecule has 2 heterocycles. The third-order valence-corrected chi connectivity index (χ3v) is 5.73. The van der Waals surface area contributed by atoms with Gasteiger partial charge in [0.25, 0.3) is 5.56 Å². The Morgan fingerprint density at radius 2 is 1.71 bits per heavy atom. The van der Waals surface area contributed by atoms with Gasteiger partial charge in [0.1, 0.15) is 17.1 Å². The first kappa shape index (κ1) is 23.5. The number of benzene rings is 2. The third kappa shape index (κ3) is 5.10. The van der Waals surface area contributed by atoms with Crippen LogP contribution in [0.2, 0.25) is 0 Å². The fourth-order valence-electron chi connectivity index (χ4n) is 3.85. The minimum absolute atomic E-state index is 0.0389. The summed E-state index contributed by atoms with van der Waals surface area (Å²) < 4.78 is 38.7. The van der Waals surface area contributed by atoms with Gasteiger partial charge in [0.2, 0.25) is 0 Å². The smallest absolute Gasteiger partial charge is 0.362 e. The molecule has 10 nitrogen and oxygen atoms in total. The molecule has 0 aliphatic rings. The van der Waals surface area contributed by atoms with Gasteiger partial charge < -0.3 is 9.17 Å². The van der Waals surface area contributed by atoms with E-state index in [0.717, 1.165) is 5.56 Å². The van der Waals surface area contributed by atoms with Gasteiger partial charge in [0.15, 0.2) is 5.65 Å². The Labute approximate surface area is 195 Å². The highest BCUT2D eigenvalue weighted by Crippen LogP contribution is 2.21. The lowest BCUT2D eigenvalue weighted by molar-refractivity contribution is 0.384. The van der Waals surface area contributed by atoms with Gasteiger partial charge in [-0.1, -0.05) is 55.5 Å². The fraction of sp³-hybridized carbons (Fsp3) is 0.261. The van der Waals surface area contributed by atoms with Gasteiger partial charge in [-0.05, 0) is 30.0 Å². The molecule has 0 bridgehead atoms. The van der Waals surface area contributed by atoms with E-state index in [9.17, 15) is 18.0 Å². The van der Waals surface area contributed by atoms with E-state index in [2.05, 4.69) is 14.2 Å². The molecular weight excluding hydrogens is 460 g/mol. The van der Waals surface area contributed by atoms with Crippen LogP contribution in [0.25, 0.3) is 11.2 Å². The lowest BCUT2D eigenvalue weighted by Crippen LogP contribution is -2.40. The van der Waals surface area contributed by atoms with Crippen LogP contribution in [-0.4, -0.2) is 32.1 Å². The van der Waals surface area contributed by atoms with E-state index in [-0.39, 0.29) is 36.4 Å². The number of rotatable bonds is 9. The zero-order valence-electron chi connectivity index (χ0n) is 18.5. The Bertz CT molecular complexity index is 1540. The minimum atomic E-state index is -4.70. The molecule has 2 N–H and O–H groups in total. The molecular formula is C23H24N4O6S. The molecule has 2 aromatic heterocycles. The van der Waals surface area contributed by atoms with Gasteiger partial charge in [-0.25, -0.2) is 9.78 Å². The molecule has 0 atom stereocenters. The SMILES string of the molecule is CCCn1c(=O)c2[nH]c(Cc3ccccc3)nc2n(CCc2ccccc2OS(=O)(=O)O)c1=O. The van der Waals surface area contributed by atoms with Crippen molar-refractivity contribution in [1.82, 2.24) is 19.1 Å². The van der Waals surface area contributed by atoms with Crippen molar-refractivity contribution in [2.24, 2.45) is 0 Å². The number of aryl methyl sites for hydroxylation is 2. The monoisotopic (exact) mass is 484 g/mol. The maximum absolute atomic E-state index is 13.2. The number of aromatic nitrogens is 4. The average molecular weight is 485 g/mol. The molecule has 0 saturated carbocycles. The lowest BCUT2D eigenvalue weighted by atomic mass is 10.1. The fourth-order valence-corrected chi connectivity index (χ4v) is 4.24. The molecule has 11 heteroatoms. The van der Waals surface area contributed by atoms with Crippen LogP contribution in [0.3, 0.4) is 0 Å². The number of imidazole rings is 1. The Hall–Kier alpha value is -3.70. The number of aromatic amines is 1. The molecule has 0 aliphatic carbocycles. The molecule has 2 aromatic carbocycles. The van der Waals surface area contributed by atoms with Crippen molar-refractivity contribution in [2.45, 2.75) is 39.3 Å². The van der Waals surface area contributed by atoms with Crippen molar-refractivity contribution in [3.8, 4) is 5.75 Å². The summed E-state index contributed by atoms with van der Waals surface area (Å²) in [6.07, 6.45) is 1.25. The highest BCUT2D eigenvalue weighted by molar-refractivity contribution is 7.81. The summed E-state index contributed by atoms with van der Waals surface area (Å²) in [6, 6.07) is 15.9. The number of hydrogen-bond acceptors (Lipinski definition) is 6. The van der Waals surface area contributed by atoms with Crippen LogP contribution in [0.15, 0.2) is 64.2 Å². The predicted molar refractivity (Wildman–Crippen MR) is 126 cm³/mol. The summed E-state index contributed by atoms with van der Waals surface area (Å²) in [5.41, 5.74) is 1.02. The van der Waals surface area contributed by atoms with E-state index in [1.165, 1.54) is 15.2 Å². The van der Waals surface area contributed by atoms with Crippen LogP contribution >= 0.6 is 0 Å². The summed E-state index contributed by atoms with van der Waals surface area (Å²) >= 11 is 0. The predicted octanol–water partition coefficient (Wildman–Crippen LogP) is 2.31. The number of nitrogens with zero attached hydrogens (tertiary/aromatic N) is 3. The molecule has 0 saturated heterocycles. The van der Waals surface area contributed by atoms with Crippen molar-refractivity contribution >= 4 is 21.6 Å². The first-order chi connectivity index (χ1) is 16.3. The van der Waals surface area contributed by atoms with E-state index in [0.29, 0.717) is 24.2 Å². The quantitative estimate of drug-likeness (QED) is 0.348. The van der Waals surface area contributed by atoms with Crippen molar-refractivity contribution in [1.29, 1.82) is 0 Å². The number of hydrogen-bond donors (Lipinski definition) is 2. The second kappa shape index (κ2) is 9.65. The van der Waals surface area contributed by atoms with Crippen molar-refractivity contribution in [2.75, 3.05) is 0 Å². The zero-order valence-corrected chi connectivity index (χ0v) is 19.3. The van der Waals surface area contributed by atoms with Crippen LogP contribution in [0, 0.1) is 0 Å². The van der Waals surface area contributed by atoms with Crippen LogP contribution in [0.4, 0.5) is 0 Å². The minimum Gasteiger partial charge on any atom is -0.362 e. The summed E-state index contributed by atoms with van der Waals surface area (Å²) in [4.78, 5) is 33.8. The topological polar surface area (TPSA) is 136 Å². The van der Waals surface area contributed by atoms with Crippen LogP contribution < -0.4 is 15.4 Å². The first-order valence-electron chi connectivity index (χ1n) is 10.8. The normalized spacial score (nSPS) is 11.7. The van der Waals surface area contributed by atoms with Crippen LogP contribution in [0.1, 0.15) is 30.3 Å². The van der Waals surface area contributed by atoms with Gasteiger partial charge in [-0.15, -0.1) is 0 Å². The molecule has 0 radical (unpaired) electrons. The Morgan fingerprint density at radius 1 is 1.00 bits per heavy atom. The van der Waals surface area contributed by atoms with Crippen molar-refractivity contribution < 1.29 is 17.2 Å². The summed E-state index contributed by atoms with van der Waals surface area (Å²) in [5, 5.41) is 0. The van der Waals surface area contributed by atoms with E-state index in [4.69, 9.17) is 4.55 Å². The van der Waals surface area contributed by atoms with E-state index >= 15 is 0 Å². The average Bonchev–Trinajstić information content (AvgIpc) is 3.21. The Kier molecular flexibility index (Phi) is 6.66. The Balaban J connectivity index is 1.76. The largest absolute Gasteiger partial charge is 0.446 e. The third-order valence-electron chi connectivity index (χ3n) is 5.34. The molecule has 0 spiro atoms. The molecule has 4 rings (SSSR count). The molecule has 0 fully saturated rings. The van der Waals surface area contributed by atoms with Crippen LogP contribution in [0.5, 0.6) is 5.75 Å². The van der Waals surface area contributed by atoms with E-state index in [1.54, 1.807) is 18.2 Å². The molecule has 0 aliphatic heterocycles. The number of para-hydroxylation sites is 1. The number of nitrogens with one attached hydrogen (secondary N) is 1. The molecule has 0 unspecified atom stereocenters. The van der Waals surface area contributed by atoms with Crippen LogP contribution in [-0.2, 0) is 36.3 Å². The molecule has 0 amide bonds. The van der Waals surface area contributed by atoms with E-state index < -0.39 is 21.6 Å². The number of H-pyrrole nitrogens is 1. The van der Waals surface area contributed by atoms with Crippen molar-refractivity contribution in [3.63, 3.8) is 0 Å². The highest BCUT2D eigenvalue weighted by Gasteiger charge is 2.18. The molecule has 178 valence electrons. The van der Waals surface area contributed by atoms with Gasteiger partial charge in [-0.2, -0.15) is 8.42 Å². The summed E-state index contributed by atoms with van der Waals surface area (Å²) in [7, 11) is -4.70. The van der Waals surface area contributed by atoms with Gasteiger partial charge in [-0.3, -0.25) is 18.5 Å². The molecule has 4 aromatic rings. The maximum atomic E-state index is 13.2. The first-order valence-corrected chi connectivity index (χ1v) is 12.1. The highest BCUT2D eigenvalue weighted by atomic mass is 32.3. The second-order valence-electron chi connectivity index (χ2n) is 7.80. The molecule has 34 heavy (non-hydrogen) atoms. The number of fused-ring (bicyclic) bond motifs is 1. The summed E-state index contributed by atoms with van der Waals surface area (Å²) in [6.45, 7) is 2.24. The van der Waals surface area contributed by atoms with Gasteiger partial charge in [0.05, 0.1) is 0 Å².